The summed E-state index contributed by atoms with van der Waals surface area (Å²) in [6.45, 7) is 3.26. The van der Waals surface area contributed by atoms with Crippen molar-refractivity contribution in [3.63, 3.8) is 0 Å². The number of carboxylic acid groups (broad SMARTS) is 1. The van der Waals surface area contributed by atoms with Crippen LogP contribution in [0.3, 0.4) is 0 Å². The van der Waals surface area contributed by atoms with Gasteiger partial charge in [-0.3, -0.25) is 4.79 Å². The topological polar surface area (TPSA) is 80.4 Å². The first kappa shape index (κ1) is 17.4. The van der Waals surface area contributed by atoms with E-state index in [0.29, 0.717) is 5.57 Å². The molecule has 0 aliphatic heterocycles. The van der Waals surface area contributed by atoms with Crippen LogP contribution in [-0.4, -0.2) is 17.0 Å². The van der Waals surface area contributed by atoms with E-state index in [1.54, 1.807) is 32.1 Å². The Kier molecular flexibility index (Phi) is 8.96. The highest BCUT2D eigenvalue weighted by atomic mass is 16.4. The van der Waals surface area contributed by atoms with Crippen molar-refractivity contribution in [1.29, 1.82) is 0 Å². The summed E-state index contributed by atoms with van der Waals surface area (Å²) in [5.74, 6) is -1.28. The van der Waals surface area contributed by atoms with Crippen LogP contribution in [0.1, 0.15) is 19.4 Å². The monoisotopic (exact) mass is 273 g/mol. The predicted octanol–water partition coefficient (Wildman–Crippen LogP) is 2.78. The van der Waals surface area contributed by atoms with E-state index in [2.05, 4.69) is 0 Å². The quantitative estimate of drug-likeness (QED) is 0.654. The van der Waals surface area contributed by atoms with Crippen molar-refractivity contribution in [1.82, 2.24) is 0 Å². The van der Waals surface area contributed by atoms with E-state index in [1.807, 2.05) is 36.4 Å². The van der Waals surface area contributed by atoms with Gasteiger partial charge in [0.2, 0.25) is 5.91 Å². The Morgan fingerprint density at radius 1 is 1.15 bits per heavy atom. The van der Waals surface area contributed by atoms with Gasteiger partial charge in [0, 0.05) is 11.6 Å². The molecular weight excluding hydrogens is 254 g/mol. The zero-order valence-electron chi connectivity index (χ0n) is 11.6. The number of rotatable bonds is 4. The molecule has 0 aromatic heterocycles. The summed E-state index contributed by atoms with van der Waals surface area (Å²) >= 11 is 0. The van der Waals surface area contributed by atoms with Crippen molar-refractivity contribution >= 4 is 18.0 Å². The van der Waals surface area contributed by atoms with Gasteiger partial charge in [0.1, 0.15) is 0 Å². The smallest absolute Gasteiger partial charge is 0.330 e. The maximum Gasteiger partial charge on any atom is 0.330 e. The normalized spacial score (nSPS) is 11.2. The third-order valence-corrected chi connectivity index (χ3v) is 2.23. The highest BCUT2D eigenvalue weighted by Crippen LogP contribution is 2.00. The van der Waals surface area contributed by atoms with E-state index < -0.39 is 11.9 Å². The lowest BCUT2D eigenvalue weighted by atomic mass is 10.2. The van der Waals surface area contributed by atoms with Gasteiger partial charge in [-0.05, 0) is 19.4 Å². The largest absolute Gasteiger partial charge is 0.478 e. The summed E-state index contributed by atoms with van der Waals surface area (Å²) < 4.78 is 0. The molecule has 1 aromatic rings. The van der Waals surface area contributed by atoms with Crippen LogP contribution in [0, 0.1) is 0 Å². The number of carboxylic acids is 1. The average Bonchev–Trinajstić information content (AvgIpc) is 2.44. The Morgan fingerprint density at radius 2 is 1.75 bits per heavy atom. The maximum absolute atomic E-state index is 10.3. The number of hydrogen-bond donors (Lipinski definition) is 2. The molecule has 0 aliphatic carbocycles. The van der Waals surface area contributed by atoms with E-state index in [4.69, 9.17) is 10.8 Å². The minimum absolute atomic E-state index is 0.389. The average molecular weight is 273 g/mol. The zero-order valence-corrected chi connectivity index (χ0v) is 11.6. The van der Waals surface area contributed by atoms with Gasteiger partial charge in [0.25, 0.3) is 0 Å². The number of carbonyl (C=O) groups is 2. The van der Waals surface area contributed by atoms with Crippen LogP contribution in [0.15, 0.2) is 60.2 Å². The molecule has 3 N–H and O–H groups in total. The van der Waals surface area contributed by atoms with Gasteiger partial charge in [-0.25, -0.2) is 4.79 Å². The Labute approximate surface area is 118 Å². The van der Waals surface area contributed by atoms with Crippen LogP contribution in [0.4, 0.5) is 0 Å². The molecule has 0 radical (unpaired) electrons. The van der Waals surface area contributed by atoms with Crippen LogP contribution < -0.4 is 5.73 Å². The molecule has 0 bridgehead atoms. The number of carbonyl (C=O) groups excluding carboxylic acids is 1. The first-order valence-corrected chi connectivity index (χ1v) is 6.02. The van der Waals surface area contributed by atoms with Crippen molar-refractivity contribution in [3.8, 4) is 0 Å². The van der Waals surface area contributed by atoms with Crippen LogP contribution in [-0.2, 0) is 9.59 Å². The molecule has 0 fully saturated rings. The molecule has 1 aromatic carbocycles. The molecule has 0 unspecified atom stereocenters. The number of primary amides is 1. The lowest BCUT2D eigenvalue weighted by Crippen LogP contribution is -2.04. The summed E-state index contributed by atoms with van der Waals surface area (Å²) in [6, 6.07) is 9.83. The van der Waals surface area contributed by atoms with E-state index in [-0.39, 0.29) is 0 Å². The lowest BCUT2D eigenvalue weighted by Gasteiger charge is -1.87. The van der Waals surface area contributed by atoms with Crippen LogP contribution in [0.25, 0.3) is 6.08 Å². The van der Waals surface area contributed by atoms with Gasteiger partial charge in [-0.1, -0.05) is 54.6 Å². The minimum Gasteiger partial charge on any atom is -0.478 e. The van der Waals surface area contributed by atoms with Crippen LogP contribution in [0.5, 0.6) is 0 Å². The van der Waals surface area contributed by atoms with Crippen LogP contribution >= 0.6 is 0 Å². The molecule has 0 heterocycles. The standard InChI is InChI=1S/C11H11NO.C5H8O2/c12-11(13)9-5-4-8-10-6-2-1-3-7-10;1-3-4(2)5(6)7/h1-9H,(H2,12,13);3H,1-2H3,(H,6,7). The van der Waals surface area contributed by atoms with Gasteiger partial charge in [-0.2, -0.15) is 0 Å². The van der Waals surface area contributed by atoms with Crippen molar-refractivity contribution in [2.45, 2.75) is 13.8 Å². The fraction of sp³-hybridized carbons (Fsp3) is 0.125. The first-order chi connectivity index (χ1) is 9.47. The lowest BCUT2D eigenvalue weighted by molar-refractivity contribution is -0.132. The van der Waals surface area contributed by atoms with Crippen molar-refractivity contribution in [2.24, 2.45) is 5.73 Å². The predicted molar refractivity (Wildman–Crippen MR) is 80.9 cm³/mol. The highest BCUT2D eigenvalue weighted by Gasteiger charge is 1.93. The fourth-order valence-electron chi connectivity index (χ4n) is 1.00. The summed E-state index contributed by atoms with van der Waals surface area (Å²) in [6.07, 6.45) is 8.18. The summed E-state index contributed by atoms with van der Waals surface area (Å²) in [4.78, 5) is 20.2. The third-order valence-electron chi connectivity index (χ3n) is 2.23. The summed E-state index contributed by atoms with van der Waals surface area (Å²) in [5, 5.41) is 8.11. The zero-order chi connectivity index (χ0) is 15.4. The van der Waals surface area contributed by atoms with Gasteiger partial charge in [-0.15, -0.1) is 0 Å². The second-order valence-electron chi connectivity index (χ2n) is 3.81. The number of allylic oxidation sites excluding steroid dienone is 3. The number of aliphatic carboxylic acids is 1. The number of benzene rings is 1. The van der Waals surface area contributed by atoms with Gasteiger partial charge in [0.05, 0.1) is 0 Å². The molecule has 4 nitrogen and oxygen atoms in total. The molecule has 0 atom stereocenters. The molecule has 20 heavy (non-hydrogen) atoms. The molecule has 1 amide bonds. The fourth-order valence-corrected chi connectivity index (χ4v) is 1.00. The highest BCUT2D eigenvalue weighted by molar-refractivity contribution is 5.86. The molecule has 0 aliphatic rings. The van der Waals surface area contributed by atoms with Gasteiger partial charge >= 0.3 is 5.97 Å². The van der Waals surface area contributed by atoms with Crippen molar-refractivity contribution in [2.75, 3.05) is 0 Å². The van der Waals surface area contributed by atoms with Crippen LogP contribution in [0.2, 0.25) is 0 Å². The Balaban J connectivity index is 0.000000441. The Bertz CT molecular complexity index is 514. The molecule has 106 valence electrons. The maximum atomic E-state index is 10.3. The number of nitrogens with two attached hydrogens (primary N) is 1. The second kappa shape index (κ2) is 10.3. The SMILES string of the molecule is CC=C(C)C(=O)O.NC(=O)C=CC=Cc1ccccc1. The number of amides is 1. The third kappa shape index (κ3) is 9.41. The van der Waals surface area contributed by atoms with E-state index >= 15 is 0 Å². The summed E-state index contributed by atoms with van der Waals surface area (Å²) in [7, 11) is 0. The Morgan fingerprint density at radius 3 is 2.15 bits per heavy atom. The van der Waals surface area contributed by atoms with E-state index in [0.717, 1.165) is 5.56 Å². The second-order valence-corrected chi connectivity index (χ2v) is 3.81. The van der Waals surface area contributed by atoms with E-state index in [9.17, 15) is 9.59 Å². The summed E-state index contributed by atoms with van der Waals surface area (Å²) in [5.41, 5.74) is 6.40. The molecule has 4 heteroatoms. The van der Waals surface area contributed by atoms with Crippen molar-refractivity contribution < 1.29 is 14.7 Å². The molecule has 0 spiro atoms. The minimum atomic E-state index is -0.845. The van der Waals surface area contributed by atoms with Crippen molar-refractivity contribution in [3.05, 3.63) is 65.8 Å². The molecule has 1 rings (SSSR count). The van der Waals surface area contributed by atoms with E-state index in [1.165, 1.54) is 6.08 Å². The first-order valence-electron chi connectivity index (χ1n) is 6.02. The molecule has 0 saturated heterocycles. The van der Waals surface area contributed by atoms with Gasteiger partial charge < -0.3 is 10.8 Å². The van der Waals surface area contributed by atoms with Gasteiger partial charge in [0.15, 0.2) is 0 Å². The molecular formula is C16H19NO3. The Hall–Kier alpha value is -2.62. The molecule has 0 saturated carbocycles. The number of hydrogen-bond acceptors (Lipinski definition) is 2.